The lowest BCUT2D eigenvalue weighted by Gasteiger charge is -2.15. The smallest absolute Gasteiger partial charge is 0.145 e. The number of nitrogens with zero attached hydrogens (tertiary/aromatic N) is 2. The Balaban J connectivity index is 2.23. The molecule has 108 valence electrons. The topological polar surface area (TPSA) is 74.2 Å². The van der Waals surface area contributed by atoms with Gasteiger partial charge >= 0.3 is 0 Å². The van der Waals surface area contributed by atoms with Gasteiger partial charge in [0.15, 0.2) is 0 Å². The van der Waals surface area contributed by atoms with Crippen LogP contribution in [0.15, 0.2) is 21.2 Å². The van der Waals surface area contributed by atoms with E-state index in [-0.39, 0.29) is 6.04 Å². The number of nitrogens with two attached hydrogens (primary N) is 1. The van der Waals surface area contributed by atoms with Crippen molar-refractivity contribution in [2.75, 3.05) is 0 Å². The molecule has 2 aromatic rings. The minimum Gasteiger partial charge on any atom is -0.487 e. The Bertz CT molecular complexity index is 596. The summed E-state index contributed by atoms with van der Waals surface area (Å²) in [5, 5.41) is 7.57. The zero-order chi connectivity index (χ0) is 14.7. The first-order valence-electron chi connectivity index (χ1n) is 6.42. The maximum Gasteiger partial charge on any atom is 0.145 e. The van der Waals surface area contributed by atoms with Crippen molar-refractivity contribution in [3.8, 4) is 5.75 Å². The van der Waals surface area contributed by atoms with Gasteiger partial charge in [0.05, 0.1) is 0 Å². The molecular weight excluding hydrogens is 322 g/mol. The maximum atomic E-state index is 5.91. The molecule has 0 spiro atoms. The fourth-order valence-corrected chi connectivity index (χ4v) is 2.65. The number of halogens is 1. The Morgan fingerprint density at radius 2 is 2.10 bits per heavy atom. The van der Waals surface area contributed by atoms with Gasteiger partial charge in [-0.05, 0) is 50.5 Å². The molecule has 1 atom stereocenters. The number of hydrogen-bond acceptors (Lipinski definition) is 5. The number of ether oxygens (including phenoxy) is 1. The van der Waals surface area contributed by atoms with Gasteiger partial charge in [0.1, 0.15) is 23.7 Å². The molecule has 0 aliphatic rings. The summed E-state index contributed by atoms with van der Waals surface area (Å²) in [5.74, 6) is 0.855. The second-order valence-corrected chi connectivity index (χ2v) is 5.89. The van der Waals surface area contributed by atoms with E-state index < -0.39 is 0 Å². The largest absolute Gasteiger partial charge is 0.487 e. The van der Waals surface area contributed by atoms with Gasteiger partial charge in [-0.2, -0.15) is 0 Å². The third-order valence-corrected chi connectivity index (χ3v) is 3.42. The Kier molecular flexibility index (Phi) is 4.77. The van der Waals surface area contributed by atoms with Crippen molar-refractivity contribution in [1.82, 2.24) is 10.3 Å². The second-order valence-electron chi connectivity index (χ2n) is 4.98. The van der Waals surface area contributed by atoms with Crippen LogP contribution in [-0.4, -0.2) is 16.4 Å². The van der Waals surface area contributed by atoms with Crippen molar-refractivity contribution >= 4 is 15.9 Å². The van der Waals surface area contributed by atoms with E-state index in [0.29, 0.717) is 12.3 Å². The minimum atomic E-state index is 0.0708. The highest BCUT2D eigenvalue weighted by Gasteiger charge is 2.13. The average Bonchev–Trinajstić information content (AvgIpc) is 2.73. The van der Waals surface area contributed by atoms with E-state index in [9.17, 15) is 0 Å². The number of aryl methyl sites for hydroxylation is 2. The molecule has 0 amide bonds. The van der Waals surface area contributed by atoms with Crippen LogP contribution in [-0.2, 0) is 13.0 Å². The van der Waals surface area contributed by atoms with Gasteiger partial charge in [0.25, 0.3) is 0 Å². The van der Waals surface area contributed by atoms with Crippen molar-refractivity contribution in [3.05, 3.63) is 39.1 Å². The molecule has 5 nitrogen and oxygen atoms in total. The van der Waals surface area contributed by atoms with Crippen molar-refractivity contribution in [2.24, 2.45) is 5.73 Å². The zero-order valence-corrected chi connectivity index (χ0v) is 13.4. The SMILES string of the molecule is Cc1cc(Br)cc(CC(C)N)c1OCc1nonc1C. The van der Waals surface area contributed by atoms with Crippen LogP contribution >= 0.6 is 15.9 Å². The van der Waals surface area contributed by atoms with Gasteiger partial charge < -0.3 is 10.5 Å². The monoisotopic (exact) mass is 339 g/mol. The third kappa shape index (κ3) is 3.58. The van der Waals surface area contributed by atoms with E-state index in [4.69, 9.17) is 10.5 Å². The van der Waals surface area contributed by atoms with Gasteiger partial charge in [-0.1, -0.05) is 26.2 Å². The lowest BCUT2D eigenvalue weighted by molar-refractivity contribution is 0.267. The lowest BCUT2D eigenvalue weighted by Crippen LogP contribution is -2.18. The summed E-state index contributed by atoms with van der Waals surface area (Å²) < 4.78 is 11.6. The third-order valence-electron chi connectivity index (χ3n) is 2.96. The fraction of sp³-hybridized carbons (Fsp3) is 0.429. The predicted octanol–water partition coefficient (Wildman–Crippen LogP) is 2.92. The van der Waals surface area contributed by atoms with Crippen molar-refractivity contribution in [2.45, 2.75) is 39.8 Å². The number of benzene rings is 1. The van der Waals surface area contributed by atoms with Gasteiger partial charge in [-0.3, -0.25) is 0 Å². The lowest BCUT2D eigenvalue weighted by atomic mass is 10.0. The average molecular weight is 340 g/mol. The first-order chi connectivity index (χ1) is 9.47. The number of rotatable bonds is 5. The molecule has 1 heterocycles. The quantitative estimate of drug-likeness (QED) is 0.906. The van der Waals surface area contributed by atoms with Crippen LogP contribution in [0.4, 0.5) is 0 Å². The molecule has 20 heavy (non-hydrogen) atoms. The van der Waals surface area contributed by atoms with E-state index in [1.165, 1.54) is 0 Å². The van der Waals surface area contributed by atoms with Crippen LogP contribution in [0.2, 0.25) is 0 Å². The first-order valence-corrected chi connectivity index (χ1v) is 7.22. The Labute approximate surface area is 126 Å². The fourth-order valence-electron chi connectivity index (χ4n) is 2.03. The molecule has 0 saturated heterocycles. The summed E-state index contributed by atoms with van der Waals surface area (Å²) in [5.41, 5.74) is 9.50. The summed E-state index contributed by atoms with van der Waals surface area (Å²) in [7, 11) is 0. The molecule has 6 heteroatoms. The Morgan fingerprint density at radius 3 is 2.70 bits per heavy atom. The molecule has 0 saturated carbocycles. The van der Waals surface area contributed by atoms with Crippen LogP contribution in [0, 0.1) is 13.8 Å². The molecule has 1 aromatic heterocycles. The second kappa shape index (κ2) is 6.37. The summed E-state index contributed by atoms with van der Waals surface area (Å²) in [6.45, 7) is 6.17. The molecule has 2 rings (SSSR count). The maximum absolute atomic E-state index is 5.91. The summed E-state index contributed by atoms with van der Waals surface area (Å²) >= 11 is 3.50. The first kappa shape index (κ1) is 15.0. The summed E-state index contributed by atoms with van der Waals surface area (Å²) in [6.07, 6.45) is 0.756. The van der Waals surface area contributed by atoms with Crippen LogP contribution in [0.5, 0.6) is 5.75 Å². The molecule has 0 radical (unpaired) electrons. The van der Waals surface area contributed by atoms with E-state index in [1.807, 2.05) is 32.9 Å². The van der Waals surface area contributed by atoms with Gasteiger partial charge in [-0.15, -0.1) is 0 Å². The van der Waals surface area contributed by atoms with Gasteiger partial charge in [0, 0.05) is 10.5 Å². The van der Waals surface area contributed by atoms with E-state index in [1.54, 1.807) is 0 Å². The predicted molar refractivity (Wildman–Crippen MR) is 79.6 cm³/mol. The van der Waals surface area contributed by atoms with E-state index >= 15 is 0 Å². The van der Waals surface area contributed by atoms with Crippen LogP contribution in [0.3, 0.4) is 0 Å². The molecule has 0 fully saturated rings. The van der Waals surface area contributed by atoms with Gasteiger partial charge in [-0.25, -0.2) is 4.63 Å². The summed E-state index contributed by atoms with van der Waals surface area (Å²) in [6, 6.07) is 4.13. The van der Waals surface area contributed by atoms with E-state index in [0.717, 1.165) is 33.5 Å². The molecule has 1 aromatic carbocycles. The molecular formula is C14H18BrN3O2. The highest BCUT2D eigenvalue weighted by molar-refractivity contribution is 9.10. The van der Waals surface area contributed by atoms with E-state index in [2.05, 4.69) is 30.9 Å². The highest BCUT2D eigenvalue weighted by atomic mass is 79.9. The van der Waals surface area contributed by atoms with Crippen molar-refractivity contribution in [1.29, 1.82) is 0 Å². The standard InChI is InChI=1S/C14H18BrN3O2/c1-8-4-12(15)6-11(5-9(2)16)14(8)19-7-13-10(3)17-20-18-13/h4,6,9H,5,7,16H2,1-3H3. The van der Waals surface area contributed by atoms with Crippen LogP contribution in [0.1, 0.15) is 29.4 Å². The number of hydrogen-bond donors (Lipinski definition) is 1. The zero-order valence-electron chi connectivity index (χ0n) is 11.8. The number of aromatic nitrogens is 2. The molecule has 0 aliphatic carbocycles. The summed E-state index contributed by atoms with van der Waals surface area (Å²) in [4.78, 5) is 0. The molecule has 0 aliphatic heterocycles. The Hall–Kier alpha value is -1.40. The minimum absolute atomic E-state index is 0.0708. The van der Waals surface area contributed by atoms with Crippen molar-refractivity contribution in [3.63, 3.8) is 0 Å². The van der Waals surface area contributed by atoms with Crippen LogP contribution < -0.4 is 10.5 Å². The molecule has 1 unspecified atom stereocenters. The molecule has 0 bridgehead atoms. The highest BCUT2D eigenvalue weighted by Crippen LogP contribution is 2.29. The van der Waals surface area contributed by atoms with Crippen LogP contribution in [0.25, 0.3) is 0 Å². The Morgan fingerprint density at radius 1 is 1.35 bits per heavy atom. The van der Waals surface area contributed by atoms with Gasteiger partial charge in [0.2, 0.25) is 0 Å². The molecule has 2 N–H and O–H groups in total. The normalized spacial score (nSPS) is 12.4. The van der Waals surface area contributed by atoms with Crippen molar-refractivity contribution < 1.29 is 9.37 Å².